The zero-order valence-electron chi connectivity index (χ0n) is 10.0. The molecule has 3 N–H and O–H groups in total. The molecule has 7 heteroatoms. The summed E-state index contributed by atoms with van der Waals surface area (Å²) in [7, 11) is 0. The summed E-state index contributed by atoms with van der Waals surface area (Å²) in [6.45, 7) is 3.69. The minimum Gasteiger partial charge on any atom is -0.388 e. The van der Waals surface area contributed by atoms with E-state index in [0.29, 0.717) is 17.9 Å². The van der Waals surface area contributed by atoms with E-state index in [4.69, 9.17) is 10.5 Å². The molecule has 0 aliphatic carbocycles. The lowest BCUT2D eigenvalue weighted by Crippen LogP contribution is -2.19. The summed E-state index contributed by atoms with van der Waals surface area (Å²) in [6.07, 6.45) is 4.14. The van der Waals surface area contributed by atoms with Crippen LogP contribution in [0.3, 0.4) is 0 Å². The van der Waals surface area contributed by atoms with Gasteiger partial charge in [0.25, 0.3) is 0 Å². The van der Waals surface area contributed by atoms with E-state index < -0.39 is 12.3 Å². The third-order valence-electron chi connectivity index (χ3n) is 3.25. The number of nitrogen functional groups attached to an aromatic ring is 1. The highest BCUT2D eigenvalue weighted by Crippen LogP contribution is 2.36. The van der Waals surface area contributed by atoms with Gasteiger partial charge in [-0.3, -0.25) is 0 Å². The van der Waals surface area contributed by atoms with Crippen molar-refractivity contribution in [3.63, 3.8) is 0 Å². The average molecular weight is 325 g/mol. The maximum Gasteiger partial charge on any atom is 0.162 e. The molecule has 19 heavy (non-hydrogen) atoms. The number of aliphatic hydroxyl groups is 1. The van der Waals surface area contributed by atoms with Gasteiger partial charge in [-0.1, -0.05) is 6.08 Å². The molecule has 0 saturated carbocycles. The molecule has 0 amide bonds. The Bertz CT molecular complexity index is 642. The molecule has 3 rings (SSSR count). The molecule has 0 unspecified atom stereocenters. The fourth-order valence-electron chi connectivity index (χ4n) is 2.34. The second-order valence-corrected chi connectivity index (χ2v) is 5.30. The molecule has 6 nitrogen and oxygen atoms in total. The van der Waals surface area contributed by atoms with Gasteiger partial charge in [0.2, 0.25) is 0 Å². The number of hydrogen-bond donors (Lipinski definition) is 2. The van der Waals surface area contributed by atoms with Gasteiger partial charge in [-0.25, -0.2) is 9.97 Å². The first-order valence-corrected chi connectivity index (χ1v) is 6.63. The minimum absolute atomic E-state index is 0.157. The SMILES string of the molecule is C=C[C@@H]1C[C@@H](O)[C@H](n2cc(Br)c3c(N)ncnc32)O1. The van der Waals surface area contributed by atoms with Crippen LogP contribution in [0.25, 0.3) is 11.0 Å². The molecule has 3 heterocycles. The zero-order chi connectivity index (χ0) is 13.6. The molecule has 1 aliphatic rings. The zero-order valence-corrected chi connectivity index (χ0v) is 11.6. The Kier molecular flexibility index (Phi) is 3.04. The van der Waals surface area contributed by atoms with Gasteiger partial charge >= 0.3 is 0 Å². The van der Waals surface area contributed by atoms with Gasteiger partial charge in [0.1, 0.15) is 23.9 Å². The Morgan fingerprint density at radius 3 is 3.05 bits per heavy atom. The summed E-state index contributed by atoms with van der Waals surface area (Å²) in [6, 6.07) is 0. The van der Waals surface area contributed by atoms with Crippen LogP contribution in [0.5, 0.6) is 0 Å². The molecule has 0 spiro atoms. The highest BCUT2D eigenvalue weighted by atomic mass is 79.9. The molecule has 0 radical (unpaired) electrons. The highest BCUT2D eigenvalue weighted by Gasteiger charge is 2.35. The number of nitrogens with zero attached hydrogens (tertiary/aromatic N) is 3. The third kappa shape index (κ3) is 1.94. The first kappa shape index (κ1) is 12.6. The van der Waals surface area contributed by atoms with Crippen LogP contribution in [0, 0.1) is 0 Å². The van der Waals surface area contributed by atoms with Crippen LogP contribution in [0.1, 0.15) is 12.6 Å². The predicted molar refractivity (Wildman–Crippen MR) is 74.4 cm³/mol. The highest BCUT2D eigenvalue weighted by molar-refractivity contribution is 9.10. The number of hydrogen-bond acceptors (Lipinski definition) is 5. The van der Waals surface area contributed by atoms with Crippen LogP contribution >= 0.6 is 15.9 Å². The van der Waals surface area contributed by atoms with Gasteiger partial charge in [-0.05, 0) is 15.9 Å². The summed E-state index contributed by atoms with van der Waals surface area (Å²) in [5.74, 6) is 0.392. The molecule has 2 aromatic heterocycles. The van der Waals surface area contributed by atoms with E-state index in [-0.39, 0.29) is 6.10 Å². The number of anilines is 1. The number of halogens is 1. The number of ether oxygens (including phenoxy) is 1. The maximum atomic E-state index is 10.1. The Morgan fingerprint density at radius 1 is 1.58 bits per heavy atom. The Morgan fingerprint density at radius 2 is 2.37 bits per heavy atom. The summed E-state index contributed by atoms with van der Waals surface area (Å²) in [5, 5.41) is 10.8. The number of aliphatic hydroxyl groups excluding tert-OH is 1. The van der Waals surface area contributed by atoms with E-state index in [1.807, 2.05) is 0 Å². The topological polar surface area (TPSA) is 86.2 Å². The lowest BCUT2D eigenvalue weighted by atomic mass is 10.2. The molecule has 2 aromatic rings. The van der Waals surface area contributed by atoms with Crippen LogP contribution in [0.15, 0.2) is 29.7 Å². The van der Waals surface area contributed by atoms with E-state index in [1.54, 1.807) is 16.8 Å². The van der Waals surface area contributed by atoms with Crippen molar-refractivity contribution < 1.29 is 9.84 Å². The summed E-state index contributed by atoms with van der Waals surface area (Å²) in [5.41, 5.74) is 6.48. The Hall–Kier alpha value is -1.44. The van der Waals surface area contributed by atoms with Gasteiger partial charge in [0.05, 0.1) is 11.5 Å². The molecular weight excluding hydrogens is 312 g/mol. The molecule has 1 aliphatic heterocycles. The maximum absolute atomic E-state index is 10.1. The molecular formula is C12H13BrN4O2. The van der Waals surface area contributed by atoms with Crippen molar-refractivity contribution in [3.8, 4) is 0 Å². The van der Waals surface area contributed by atoms with Crippen molar-refractivity contribution in [1.29, 1.82) is 0 Å². The van der Waals surface area contributed by atoms with Crippen molar-refractivity contribution in [1.82, 2.24) is 14.5 Å². The average Bonchev–Trinajstić information content (AvgIpc) is 2.91. The first-order chi connectivity index (χ1) is 9.11. The second kappa shape index (κ2) is 4.59. The summed E-state index contributed by atoms with van der Waals surface area (Å²) < 4.78 is 8.29. The quantitative estimate of drug-likeness (QED) is 0.819. The second-order valence-electron chi connectivity index (χ2n) is 4.45. The Balaban J connectivity index is 2.11. The van der Waals surface area contributed by atoms with Crippen LogP contribution < -0.4 is 5.73 Å². The van der Waals surface area contributed by atoms with Gasteiger partial charge in [0.15, 0.2) is 6.23 Å². The van der Waals surface area contributed by atoms with E-state index in [9.17, 15) is 5.11 Å². The molecule has 1 saturated heterocycles. The molecule has 0 bridgehead atoms. The lowest BCUT2D eigenvalue weighted by molar-refractivity contribution is -0.0224. The van der Waals surface area contributed by atoms with E-state index in [2.05, 4.69) is 32.5 Å². The van der Waals surface area contributed by atoms with Crippen LogP contribution in [0.4, 0.5) is 5.82 Å². The van der Waals surface area contributed by atoms with E-state index >= 15 is 0 Å². The van der Waals surface area contributed by atoms with Crippen molar-refractivity contribution >= 4 is 32.8 Å². The first-order valence-electron chi connectivity index (χ1n) is 5.84. The van der Waals surface area contributed by atoms with Crippen molar-refractivity contribution in [2.45, 2.75) is 24.9 Å². The largest absolute Gasteiger partial charge is 0.388 e. The van der Waals surface area contributed by atoms with E-state index in [1.165, 1.54) is 6.33 Å². The number of nitrogens with two attached hydrogens (primary N) is 1. The van der Waals surface area contributed by atoms with Crippen LogP contribution in [-0.2, 0) is 4.74 Å². The van der Waals surface area contributed by atoms with Crippen LogP contribution in [0.2, 0.25) is 0 Å². The number of aromatic nitrogens is 3. The van der Waals surface area contributed by atoms with Crippen molar-refractivity contribution in [2.24, 2.45) is 0 Å². The van der Waals surface area contributed by atoms with E-state index in [0.717, 1.165) is 9.86 Å². The van der Waals surface area contributed by atoms with Gasteiger partial charge in [-0.2, -0.15) is 0 Å². The number of rotatable bonds is 2. The van der Waals surface area contributed by atoms with Gasteiger partial charge in [0, 0.05) is 17.1 Å². The lowest BCUT2D eigenvalue weighted by Gasteiger charge is -2.16. The fourth-order valence-corrected chi connectivity index (χ4v) is 2.94. The normalized spacial score (nSPS) is 26.9. The van der Waals surface area contributed by atoms with Crippen LogP contribution in [-0.4, -0.2) is 31.8 Å². The van der Waals surface area contributed by atoms with Crippen molar-refractivity contribution in [2.75, 3.05) is 5.73 Å². The molecule has 0 aromatic carbocycles. The fraction of sp³-hybridized carbons (Fsp3) is 0.333. The Labute approximate surface area is 118 Å². The molecule has 100 valence electrons. The summed E-state index contributed by atoms with van der Waals surface area (Å²) in [4.78, 5) is 8.18. The van der Waals surface area contributed by atoms with Crippen molar-refractivity contribution in [3.05, 3.63) is 29.7 Å². The molecule has 1 fully saturated rings. The van der Waals surface area contributed by atoms with Gasteiger partial charge < -0.3 is 20.1 Å². The predicted octanol–water partition coefficient (Wildman–Crippen LogP) is 1.61. The standard InChI is InChI=1S/C12H13BrN4O2/c1-2-6-3-8(18)12(19-6)17-4-7(13)9-10(14)15-5-16-11(9)17/h2,4-6,8,12,18H,1,3H2,(H2,14,15,16)/t6-,8-,12-/m1/s1. The number of fused-ring (bicyclic) bond motifs is 1. The van der Waals surface area contributed by atoms with Gasteiger partial charge in [-0.15, -0.1) is 6.58 Å². The summed E-state index contributed by atoms with van der Waals surface area (Å²) >= 11 is 3.43. The molecule has 3 atom stereocenters. The monoisotopic (exact) mass is 324 g/mol. The minimum atomic E-state index is -0.610. The smallest absolute Gasteiger partial charge is 0.162 e. The third-order valence-corrected chi connectivity index (χ3v) is 3.85.